The molecule has 0 radical (unpaired) electrons. The minimum absolute atomic E-state index is 0.0320. The smallest absolute Gasteiger partial charge is 0.236 e. The number of hydrogen-bond acceptors (Lipinski definition) is 2. The maximum atomic E-state index is 13.3. The molecule has 0 aromatic heterocycles. The number of piperidine rings is 1. The van der Waals surface area contributed by atoms with E-state index in [9.17, 15) is 9.18 Å². The van der Waals surface area contributed by atoms with Gasteiger partial charge in [-0.3, -0.25) is 4.79 Å². The molecule has 0 N–H and O–H groups in total. The van der Waals surface area contributed by atoms with Crippen LogP contribution in [-0.4, -0.2) is 55.6 Å². The van der Waals surface area contributed by atoms with Gasteiger partial charge in [-0.15, -0.1) is 0 Å². The molecule has 82 valence electrons. The molecule has 1 rings (SSSR count). The lowest BCUT2D eigenvalue weighted by Crippen LogP contribution is -2.47. The molecule has 0 saturated carbocycles. The van der Waals surface area contributed by atoms with Crippen molar-refractivity contribution in [3.63, 3.8) is 0 Å². The van der Waals surface area contributed by atoms with E-state index in [0.717, 1.165) is 6.42 Å². The first-order valence-electron chi connectivity index (χ1n) is 5.07. The first-order valence-corrected chi connectivity index (χ1v) is 5.07. The minimum Gasteiger partial charge on any atom is -0.339 e. The number of likely N-dealkylation sites (tertiary alicyclic amines) is 1. The second-order valence-corrected chi connectivity index (χ2v) is 4.36. The van der Waals surface area contributed by atoms with Crippen molar-refractivity contribution in [1.82, 2.24) is 9.80 Å². The van der Waals surface area contributed by atoms with Crippen LogP contribution in [-0.2, 0) is 4.79 Å². The molecular formula is C10H19FN2O. The summed E-state index contributed by atoms with van der Waals surface area (Å²) in [6.45, 7) is 3.25. The van der Waals surface area contributed by atoms with Crippen molar-refractivity contribution in [2.45, 2.75) is 19.5 Å². The molecule has 1 fully saturated rings. The lowest BCUT2D eigenvalue weighted by Gasteiger charge is -2.33. The molecule has 2 unspecified atom stereocenters. The third kappa shape index (κ3) is 2.94. The largest absolute Gasteiger partial charge is 0.339 e. The standard InChI is InChI=1S/C10H19FN2O/c1-8-4-5-13(6-9(8)11)10(14)7-12(2)3/h8-9H,4-7H2,1-3H3. The number of alkyl halides is 1. The third-order valence-electron chi connectivity index (χ3n) is 2.67. The van der Waals surface area contributed by atoms with E-state index in [1.165, 1.54) is 0 Å². The van der Waals surface area contributed by atoms with Gasteiger partial charge < -0.3 is 9.80 Å². The Morgan fingerprint density at radius 1 is 1.57 bits per heavy atom. The summed E-state index contributed by atoms with van der Waals surface area (Å²) in [4.78, 5) is 15.0. The molecule has 3 nitrogen and oxygen atoms in total. The van der Waals surface area contributed by atoms with Gasteiger partial charge in [0.15, 0.2) is 0 Å². The highest BCUT2D eigenvalue weighted by Gasteiger charge is 2.28. The summed E-state index contributed by atoms with van der Waals surface area (Å²) >= 11 is 0. The fourth-order valence-corrected chi connectivity index (χ4v) is 1.62. The van der Waals surface area contributed by atoms with Crippen LogP contribution in [0.25, 0.3) is 0 Å². The average Bonchev–Trinajstić information content (AvgIpc) is 2.08. The lowest BCUT2D eigenvalue weighted by atomic mass is 9.97. The summed E-state index contributed by atoms with van der Waals surface area (Å²) in [5, 5.41) is 0. The van der Waals surface area contributed by atoms with Crippen LogP contribution in [0.15, 0.2) is 0 Å². The van der Waals surface area contributed by atoms with Crippen LogP contribution >= 0.6 is 0 Å². The fourth-order valence-electron chi connectivity index (χ4n) is 1.62. The van der Waals surface area contributed by atoms with E-state index in [1.54, 1.807) is 4.90 Å². The number of likely N-dealkylation sites (N-methyl/N-ethyl adjacent to an activating group) is 1. The fraction of sp³-hybridized carbons (Fsp3) is 0.900. The first kappa shape index (κ1) is 11.4. The Hall–Kier alpha value is -0.640. The molecule has 1 aliphatic rings. The Bertz CT molecular complexity index is 208. The highest BCUT2D eigenvalue weighted by Crippen LogP contribution is 2.19. The maximum absolute atomic E-state index is 13.3. The van der Waals surface area contributed by atoms with Gasteiger partial charge >= 0.3 is 0 Å². The third-order valence-corrected chi connectivity index (χ3v) is 2.67. The number of halogens is 1. The number of carbonyl (C=O) groups is 1. The Kier molecular flexibility index (Phi) is 3.86. The van der Waals surface area contributed by atoms with Crippen molar-refractivity contribution < 1.29 is 9.18 Å². The Labute approximate surface area is 84.9 Å². The second kappa shape index (κ2) is 4.73. The molecule has 1 aliphatic heterocycles. The van der Waals surface area contributed by atoms with Crippen LogP contribution < -0.4 is 0 Å². The van der Waals surface area contributed by atoms with Gasteiger partial charge in [0.25, 0.3) is 0 Å². The summed E-state index contributed by atoms with van der Waals surface area (Å²) in [6, 6.07) is 0. The number of amides is 1. The van der Waals surface area contributed by atoms with Gasteiger partial charge in [-0.2, -0.15) is 0 Å². The van der Waals surface area contributed by atoms with E-state index in [2.05, 4.69) is 0 Å². The summed E-state index contributed by atoms with van der Waals surface area (Å²) < 4.78 is 13.3. The van der Waals surface area contributed by atoms with Gasteiger partial charge in [-0.25, -0.2) is 4.39 Å². The molecule has 0 bridgehead atoms. The van der Waals surface area contributed by atoms with E-state index in [1.807, 2.05) is 25.9 Å². The van der Waals surface area contributed by atoms with Crippen LogP contribution in [0.1, 0.15) is 13.3 Å². The summed E-state index contributed by atoms with van der Waals surface area (Å²) in [5.41, 5.74) is 0. The van der Waals surface area contributed by atoms with Gasteiger partial charge in [-0.05, 0) is 26.4 Å². The molecule has 2 atom stereocenters. The van der Waals surface area contributed by atoms with Gasteiger partial charge in [0.2, 0.25) is 5.91 Å². The zero-order valence-electron chi connectivity index (χ0n) is 9.16. The van der Waals surface area contributed by atoms with Crippen molar-refractivity contribution in [3.8, 4) is 0 Å². The van der Waals surface area contributed by atoms with E-state index >= 15 is 0 Å². The summed E-state index contributed by atoms with van der Waals surface area (Å²) in [6.07, 6.45) is -0.0739. The molecule has 0 aliphatic carbocycles. The quantitative estimate of drug-likeness (QED) is 0.660. The predicted octanol–water partition coefficient (Wildman–Crippen LogP) is 0.754. The Morgan fingerprint density at radius 3 is 2.71 bits per heavy atom. The van der Waals surface area contributed by atoms with Crippen molar-refractivity contribution in [2.24, 2.45) is 5.92 Å². The topological polar surface area (TPSA) is 23.6 Å². The number of carbonyl (C=O) groups excluding carboxylic acids is 1. The highest BCUT2D eigenvalue weighted by molar-refractivity contribution is 5.78. The van der Waals surface area contributed by atoms with Gasteiger partial charge in [0, 0.05) is 6.54 Å². The highest BCUT2D eigenvalue weighted by atomic mass is 19.1. The van der Waals surface area contributed by atoms with Crippen LogP contribution in [0.2, 0.25) is 0 Å². The van der Waals surface area contributed by atoms with Crippen molar-refractivity contribution >= 4 is 5.91 Å². The van der Waals surface area contributed by atoms with Crippen molar-refractivity contribution in [2.75, 3.05) is 33.7 Å². The molecule has 0 aromatic rings. The van der Waals surface area contributed by atoms with E-state index in [4.69, 9.17) is 0 Å². The SMILES string of the molecule is CC1CCN(C(=O)CN(C)C)CC1F. The molecular weight excluding hydrogens is 183 g/mol. The zero-order chi connectivity index (χ0) is 10.7. The summed E-state index contributed by atoms with van der Waals surface area (Å²) in [5.74, 6) is 0.128. The van der Waals surface area contributed by atoms with Crippen molar-refractivity contribution in [1.29, 1.82) is 0 Å². The molecule has 0 aromatic carbocycles. The van der Waals surface area contributed by atoms with Crippen molar-refractivity contribution in [3.05, 3.63) is 0 Å². The predicted molar refractivity (Wildman–Crippen MR) is 53.8 cm³/mol. The summed E-state index contributed by atoms with van der Waals surface area (Å²) in [7, 11) is 3.69. The molecule has 1 amide bonds. The Balaban J connectivity index is 2.42. The normalized spacial score (nSPS) is 28.2. The molecule has 14 heavy (non-hydrogen) atoms. The van der Waals surface area contributed by atoms with Gasteiger partial charge in [-0.1, -0.05) is 6.92 Å². The van der Waals surface area contributed by atoms with Gasteiger partial charge in [0.1, 0.15) is 6.17 Å². The Morgan fingerprint density at radius 2 is 2.21 bits per heavy atom. The lowest BCUT2D eigenvalue weighted by molar-refractivity contribution is -0.134. The maximum Gasteiger partial charge on any atom is 0.236 e. The monoisotopic (exact) mass is 202 g/mol. The molecule has 1 saturated heterocycles. The molecule has 1 heterocycles. The van der Waals surface area contributed by atoms with Crippen LogP contribution in [0.3, 0.4) is 0 Å². The number of rotatable bonds is 2. The zero-order valence-corrected chi connectivity index (χ0v) is 9.16. The van der Waals surface area contributed by atoms with Crippen LogP contribution in [0.4, 0.5) is 4.39 Å². The van der Waals surface area contributed by atoms with E-state index in [0.29, 0.717) is 13.1 Å². The van der Waals surface area contributed by atoms with Gasteiger partial charge in [0.05, 0.1) is 13.1 Å². The van der Waals surface area contributed by atoms with E-state index < -0.39 is 6.17 Å². The first-order chi connectivity index (χ1) is 6.50. The van der Waals surface area contributed by atoms with Crippen LogP contribution in [0, 0.1) is 5.92 Å². The number of hydrogen-bond donors (Lipinski definition) is 0. The second-order valence-electron chi connectivity index (χ2n) is 4.36. The van der Waals surface area contributed by atoms with E-state index in [-0.39, 0.29) is 18.4 Å². The minimum atomic E-state index is -0.852. The number of nitrogens with zero attached hydrogens (tertiary/aromatic N) is 2. The average molecular weight is 202 g/mol. The molecule has 4 heteroatoms. The molecule has 0 spiro atoms. The van der Waals surface area contributed by atoms with Crippen LogP contribution in [0.5, 0.6) is 0 Å².